The molecule has 0 saturated heterocycles. The molecule has 1 fully saturated rings. The highest BCUT2D eigenvalue weighted by atomic mass is 16.5. The lowest BCUT2D eigenvalue weighted by atomic mass is 9.75. The van der Waals surface area contributed by atoms with Gasteiger partial charge in [-0.05, 0) is 37.0 Å². The third-order valence-electron chi connectivity index (χ3n) is 3.77. The number of carbonyl (C=O) groups excluding carboxylic acids is 1. The fraction of sp³-hybridized carbons (Fsp3) is 0.562. The van der Waals surface area contributed by atoms with Gasteiger partial charge in [-0.25, -0.2) is 0 Å². The molecule has 3 N–H and O–H groups in total. The van der Waals surface area contributed by atoms with Crippen LogP contribution >= 0.6 is 0 Å². The van der Waals surface area contributed by atoms with E-state index in [-0.39, 0.29) is 11.4 Å². The summed E-state index contributed by atoms with van der Waals surface area (Å²) in [6.45, 7) is 1.64. The van der Waals surface area contributed by atoms with Crippen molar-refractivity contribution in [1.29, 1.82) is 0 Å². The van der Waals surface area contributed by atoms with Crippen molar-refractivity contribution in [2.24, 2.45) is 5.73 Å². The first-order valence-electron chi connectivity index (χ1n) is 7.36. The highest BCUT2D eigenvalue weighted by molar-refractivity contribution is 5.91. The summed E-state index contributed by atoms with van der Waals surface area (Å²) in [4.78, 5) is 12.0. The van der Waals surface area contributed by atoms with Gasteiger partial charge < -0.3 is 20.5 Å². The molecule has 0 heterocycles. The van der Waals surface area contributed by atoms with Crippen molar-refractivity contribution in [3.05, 3.63) is 29.8 Å². The second-order valence-corrected chi connectivity index (χ2v) is 5.69. The number of nitrogens with one attached hydrogen (secondary N) is 1. The van der Waals surface area contributed by atoms with Crippen molar-refractivity contribution in [2.45, 2.75) is 37.8 Å². The zero-order valence-corrected chi connectivity index (χ0v) is 12.6. The molecule has 0 spiro atoms. The van der Waals surface area contributed by atoms with E-state index in [1.54, 1.807) is 7.11 Å². The molecule has 0 atom stereocenters. The predicted molar refractivity (Wildman–Crippen MR) is 82.0 cm³/mol. The van der Waals surface area contributed by atoms with Crippen LogP contribution in [0.4, 0.5) is 5.69 Å². The first-order chi connectivity index (χ1) is 10.1. The highest BCUT2D eigenvalue weighted by Gasteiger charge is 2.34. The number of amides is 1. The number of methoxy groups -OCH3 is 1. The molecule has 2 rings (SSSR count). The third-order valence-corrected chi connectivity index (χ3v) is 3.77. The molecule has 0 aliphatic heterocycles. The van der Waals surface area contributed by atoms with Gasteiger partial charge in [0.1, 0.15) is 0 Å². The minimum Gasteiger partial charge on any atom is -0.382 e. The molecular weight excluding hydrogens is 268 g/mol. The van der Waals surface area contributed by atoms with E-state index in [1.807, 2.05) is 24.3 Å². The monoisotopic (exact) mass is 292 g/mol. The molecular formula is C16H24N2O3. The number of carbonyl (C=O) groups is 1. The van der Waals surface area contributed by atoms with Crippen LogP contribution < -0.4 is 11.1 Å². The van der Waals surface area contributed by atoms with Crippen LogP contribution in [-0.4, -0.2) is 31.8 Å². The molecule has 0 bridgehead atoms. The van der Waals surface area contributed by atoms with Crippen molar-refractivity contribution in [1.82, 2.24) is 0 Å². The van der Waals surface area contributed by atoms with E-state index >= 15 is 0 Å². The van der Waals surface area contributed by atoms with Crippen molar-refractivity contribution < 1.29 is 14.3 Å². The van der Waals surface area contributed by atoms with E-state index in [1.165, 1.54) is 0 Å². The van der Waals surface area contributed by atoms with E-state index < -0.39 is 0 Å². The van der Waals surface area contributed by atoms with E-state index in [4.69, 9.17) is 15.2 Å². The van der Waals surface area contributed by atoms with Crippen LogP contribution in [0.5, 0.6) is 0 Å². The van der Waals surface area contributed by atoms with Crippen LogP contribution in [0.25, 0.3) is 0 Å². The number of hydrogen-bond donors (Lipinski definition) is 2. The van der Waals surface area contributed by atoms with Crippen LogP contribution in [0.3, 0.4) is 0 Å². The van der Waals surface area contributed by atoms with Crippen LogP contribution in [0.2, 0.25) is 0 Å². The summed E-state index contributed by atoms with van der Waals surface area (Å²) in [6, 6.07) is 7.68. The Hall–Kier alpha value is -1.43. The maximum atomic E-state index is 12.0. The lowest BCUT2D eigenvalue weighted by Crippen LogP contribution is -2.48. The molecule has 116 valence electrons. The minimum absolute atomic E-state index is 0.0188. The molecule has 1 aliphatic carbocycles. The molecule has 1 saturated carbocycles. The summed E-state index contributed by atoms with van der Waals surface area (Å²) in [6.07, 6.45) is 3.39. The van der Waals surface area contributed by atoms with Gasteiger partial charge in [-0.3, -0.25) is 4.79 Å². The molecule has 0 aromatic heterocycles. The van der Waals surface area contributed by atoms with Crippen molar-refractivity contribution in [3.63, 3.8) is 0 Å². The lowest BCUT2D eigenvalue weighted by molar-refractivity contribution is -0.118. The van der Waals surface area contributed by atoms with Gasteiger partial charge >= 0.3 is 0 Å². The number of nitrogens with two attached hydrogens (primary N) is 1. The third kappa shape index (κ3) is 5.12. The van der Waals surface area contributed by atoms with Gasteiger partial charge in [0, 0.05) is 24.8 Å². The predicted octanol–water partition coefficient (Wildman–Crippen LogP) is 2.06. The quantitative estimate of drug-likeness (QED) is 0.719. The van der Waals surface area contributed by atoms with Gasteiger partial charge in [-0.2, -0.15) is 0 Å². The summed E-state index contributed by atoms with van der Waals surface area (Å²) < 4.78 is 10.4. The second kappa shape index (κ2) is 7.54. The fourth-order valence-electron chi connectivity index (χ4n) is 2.40. The topological polar surface area (TPSA) is 73.6 Å². The Morgan fingerprint density at radius 2 is 2.19 bits per heavy atom. The Labute approximate surface area is 125 Å². The Kier molecular flexibility index (Phi) is 5.73. The maximum Gasteiger partial charge on any atom is 0.226 e. The molecule has 5 nitrogen and oxygen atoms in total. The van der Waals surface area contributed by atoms with Crippen molar-refractivity contribution in [3.8, 4) is 0 Å². The highest BCUT2D eigenvalue weighted by Crippen LogP contribution is 2.32. The van der Waals surface area contributed by atoms with Gasteiger partial charge in [-0.1, -0.05) is 12.1 Å². The summed E-state index contributed by atoms with van der Waals surface area (Å²) in [5.41, 5.74) is 7.61. The SMILES string of the molecule is COCCOCc1cccc(NC(=O)CC2(N)CCC2)c1. The first-order valence-corrected chi connectivity index (χ1v) is 7.36. The zero-order chi connectivity index (χ0) is 15.1. The van der Waals surface area contributed by atoms with Gasteiger partial charge in [-0.15, -0.1) is 0 Å². The maximum absolute atomic E-state index is 12.0. The van der Waals surface area contributed by atoms with E-state index in [2.05, 4.69) is 5.32 Å². The molecule has 0 radical (unpaired) electrons. The molecule has 0 unspecified atom stereocenters. The standard InChI is InChI=1S/C16H24N2O3/c1-20-8-9-21-12-13-4-2-5-14(10-13)18-15(19)11-16(17)6-3-7-16/h2,4-5,10H,3,6-9,11-12,17H2,1H3,(H,18,19). The molecule has 1 amide bonds. The molecule has 1 aromatic rings. The van der Waals surface area contributed by atoms with Gasteiger partial charge in [0.15, 0.2) is 0 Å². The Bertz CT molecular complexity index is 472. The largest absolute Gasteiger partial charge is 0.382 e. The van der Waals surface area contributed by atoms with Gasteiger partial charge in [0.05, 0.1) is 19.8 Å². The number of hydrogen-bond acceptors (Lipinski definition) is 4. The Morgan fingerprint density at radius 3 is 2.86 bits per heavy atom. The van der Waals surface area contributed by atoms with Crippen LogP contribution in [0, 0.1) is 0 Å². The van der Waals surface area contributed by atoms with Crippen LogP contribution in [0.1, 0.15) is 31.2 Å². The smallest absolute Gasteiger partial charge is 0.226 e. The number of rotatable bonds is 8. The van der Waals surface area contributed by atoms with Crippen molar-refractivity contribution in [2.75, 3.05) is 25.6 Å². The molecule has 21 heavy (non-hydrogen) atoms. The van der Waals surface area contributed by atoms with Crippen LogP contribution in [0.15, 0.2) is 24.3 Å². The summed E-state index contributed by atoms with van der Waals surface area (Å²) in [5, 5.41) is 2.91. The van der Waals surface area contributed by atoms with Gasteiger partial charge in [0.25, 0.3) is 0 Å². The average Bonchev–Trinajstić information content (AvgIpc) is 2.42. The average molecular weight is 292 g/mol. The number of ether oxygens (including phenoxy) is 2. The van der Waals surface area contributed by atoms with E-state index in [9.17, 15) is 4.79 Å². The van der Waals surface area contributed by atoms with Crippen molar-refractivity contribution >= 4 is 11.6 Å². The lowest BCUT2D eigenvalue weighted by Gasteiger charge is -2.37. The zero-order valence-electron chi connectivity index (χ0n) is 12.6. The normalized spacial score (nSPS) is 16.3. The molecule has 1 aliphatic rings. The number of anilines is 1. The van der Waals surface area contributed by atoms with E-state index in [0.717, 1.165) is 30.5 Å². The Morgan fingerprint density at radius 1 is 1.38 bits per heavy atom. The Balaban J connectivity index is 1.81. The van der Waals surface area contributed by atoms with Gasteiger partial charge in [0.2, 0.25) is 5.91 Å². The first kappa shape index (κ1) is 15.9. The second-order valence-electron chi connectivity index (χ2n) is 5.69. The molecule has 5 heteroatoms. The van der Waals surface area contributed by atoms with E-state index in [0.29, 0.717) is 26.2 Å². The minimum atomic E-state index is -0.287. The summed E-state index contributed by atoms with van der Waals surface area (Å²) in [7, 11) is 1.64. The summed E-state index contributed by atoms with van der Waals surface area (Å²) in [5.74, 6) is -0.0188. The molecule has 1 aromatic carbocycles. The van der Waals surface area contributed by atoms with Crippen LogP contribution in [-0.2, 0) is 20.9 Å². The fourth-order valence-corrected chi connectivity index (χ4v) is 2.40. The number of benzene rings is 1. The summed E-state index contributed by atoms with van der Waals surface area (Å²) >= 11 is 0.